The zero-order chi connectivity index (χ0) is 22.1. The van der Waals surface area contributed by atoms with Gasteiger partial charge in [0.25, 0.3) is 0 Å². The van der Waals surface area contributed by atoms with Gasteiger partial charge in [-0.2, -0.15) is 5.10 Å². The molecule has 0 radical (unpaired) electrons. The van der Waals surface area contributed by atoms with Crippen LogP contribution in [0.1, 0.15) is 11.4 Å². The van der Waals surface area contributed by atoms with Gasteiger partial charge in [-0.1, -0.05) is 6.07 Å². The Labute approximate surface area is 182 Å². The van der Waals surface area contributed by atoms with Gasteiger partial charge in [-0.3, -0.25) is 9.08 Å². The number of nitrogens with one attached hydrogen (secondary N) is 1. The van der Waals surface area contributed by atoms with Crippen LogP contribution in [0, 0.1) is 5.82 Å². The minimum atomic E-state index is -0.402. The minimum Gasteiger partial charge on any atom is -0.494 e. The molecule has 0 aliphatic rings. The maximum atomic E-state index is 14.0. The van der Waals surface area contributed by atoms with Crippen molar-refractivity contribution in [2.45, 2.75) is 6.42 Å². The maximum absolute atomic E-state index is 14.0. The molecule has 0 saturated carbocycles. The van der Waals surface area contributed by atoms with Gasteiger partial charge in [-0.15, -0.1) is 10.2 Å². The van der Waals surface area contributed by atoms with E-state index in [2.05, 4.69) is 30.6 Å². The number of aryl methyl sites for hydroxylation is 1. The highest BCUT2D eigenvalue weighted by Crippen LogP contribution is 2.23. The third-order valence-corrected chi connectivity index (χ3v) is 4.97. The summed E-state index contributed by atoms with van der Waals surface area (Å²) in [5.41, 5.74) is 3.88. The molecule has 0 bridgehead atoms. The van der Waals surface area contributed by atoms with E-state index in [1.807, 2.05) is 48.1 Å². The Bertz CT molecular complexity index is 1410. The third-order valence-electron chi connectivity index (χ3n) is 4.97. The van der Waals surface area contributed by atoms with Crippen LogP contribution in [0.3, 0.4) is 0 Å². The standard InChI is InChI=1S/C22H19FN8O/c1-30-13-16(12-25-30)26-22-24-7-5-18(27-22)15-6-8-31-20(28-29-21(31)11-15)10-14-3-4-19(32-2)17(23)9-14/h3-9,11-13H,10H2,1-2H3,(H,24,26,27). The number of rotatable bonds is 6. The van der Waals surface area contributed by atoms with Gasteiger partial charge in [-0.05, 0) is 35.9 Å². The van der Waals surface area contributed by atoms with E-state index in [9.17, 15) is 4.39 Å². The van der Waals surface area contributed by atoms with Crippen molar-refractivity contribution in [1.29, 1.82) is 0 Å². The number of fused-ring (bicyclic) bond motifs is 1. The summed E-state index contributed by atoms with van der Waals surface area (Å²) in [6, 6.07) is 10.5. The molecule has 5 rings (SSSR count). The number of hydrogen-bond acceptors (Lipinski definition) is 7. The first kappa shape index (κ1) is 19.6. The van der Waals surface area contributed by atoms with Crippen LogP contribution in [-0.4, -0.2) is 41.5 Å². The quantitative estimate of drug-likeness (QED) is 0.441. The molecule has 0 saturated heterocycles. The monoisotopic (exact) mass is 430 g/mol. The number of methoxy groups -OCH3 is 1. The first-order valence-corrected chi connectivity index (χ1v) is 9.84. The van der Waals surface area contributed by atoms with Crippen molar-refractivity contribution >= 4 is 17.3 Å². The Kier molecular flexibility index (Phi) is 4.94. The van der Waals surface area contributed by atoms with Crippen molar-refractivity contribution < 1.29 is 9.13 Å². The van der Waals surface area contributed by atoms with Crippen LogP contribution >= 0.6 is 0 Å². The molecule has 0 spiro atoms. The normalized spacial score (nSPS) is 11.1. The van der Waals surface area contributed by atoms with Crippen LogP contribution in [0.5, 0.6) is 5.75 Å². The summed E-state index contributed by atoms with van der Waals surface area (Å²) in [4.78, 5) is 8.85. The largest absolute Gasteiger partial charge is 0.494 e. The molecule has 0 amide bonds. The molecule has 4 heterocycles. The molecule has 0 aliphatic heterocycles. The topological polar surface area (TPSA) is 95.0 Å². The van der Waals surface area contributed by atoms with E-state index in [1.54, 1.807) is 23.1 Å². The molecule has 32 heavy (non-hydrogen) atoms. The van der Waals surface area contributed by atoms with Crippen molar-refractivity contribution in [3.8, 4) is 17.0 Å². The predicted molar refractivity (Wildman–Crippen MR) is 116 cm³/mol. The summed E-state index contributed by atoms with van der Waals surface area (Å²) in [5, 5.41) is 15.8. The van der Waals surface area contributed by atoms with Gasteiger partial charge in [0.2, 0.25) is 5.95 Å². The van der Waals surface area contributed by atoms with Crippen LogP contribution < -0.4 is 10.1 Å². The number of aromatic nitrogens is 7. The lowest BCUT2D eigenvalue weighted by molar-refractivity contribution is 0.386. The number of benzene rings is 1. The smallest absolute Gasteiger partial charge is 0.227 e. The summed E-state index contributed by atoms with van der Waals surface area (Å²) < 4.78 is 22.6. The number of anilines is 2. The summed E-state index contributed by atoms with van der Waals surface area (Å²) in [7, 11) is 3.28. The fourth-order valence-electron chi connectivity index (χ4n) is 3.42. The van der Waals surface area contributed by atoms with Crippen LogP contribution in [0.15, 0.2) is 61.2 Å². The third kappa shape index (κ3) is 3.85. The summed E-state index contributed by atoms with van der Waals surface area (Å²) in [5.74, 6) is 0.990. The highest BCUT2D eigenvalue weighted by Gasteiger charge is 2.11. The SMILES string of the molecule is COc1ccc(Cc2nnc3cc(-c4ccnc(Nc5cnn(C)c5)n4)ccn23)cc1F. The Balaban J connectivity index is 1.40. The van der Waals surface area contributed by atoms with E-state index < -0.39 is 5.82 Å². The van der Waals surface area contributed by atoms with Crippen molar-refractivity contribution in [2.24, 2.45) is 7.05 Å². The second-order valence-corrected chi connectivity index (χ2v) is 7.20. The van der Waals surface area contributed by atoms with E-state index in [4.69, 9.17) is 4.74 Å². The van der Waals surface area contributed by atoms with Crippen LogP contribution in [-0.2, 0) is 13.5 Å². The maximum Gasteiger partial charge on any atom is 0.227 e. The molecular weight excluding hydrogens is 411 g/mol. The van der Waals surface area contributed by atoms with Crippen molar-refractivity contribution in [3.63, 3.8) is 0 Å². The van der Waals surface area contributed by atoms with Crippen LogP contribution in [0.25, 0.3) is 16.9 Å². The zero-order valence-corrected chi connectivity index (χ0v) is 17.4. The van der Waals surface area contributed by atoms with E-state index in [1.165, 1.54) is 13.2 Å². The highest BCUT2D eigenvalue weighted by molar-refractivity contribution is 5.65. The fraction of sp³-hybridized carbons (Fsp3) is 0.136. The minimum absolute atomic E-state index is 0.215. The molecule has 160 valence electrons. The molecule has 0 aliphatic carbocycles. The lowest BCUT2D eigenvalue weighted by Gasteiger charge is -2.06. The Morgan fingerprint density at radius 1 is 1.12 bits per heavy atom. The predicted octanol–water partition coefficient (Wildman–Crippen LogP) is 3.40. The van der Waals surface area contributed by atoms with Gasteiger partial charge in [0.15, 0.2) is 17.2 Å². The number of ether oxygens (including phenoxy) is 1. The van der Waals surface area contributed by atoms with E-state index in [0.29, 0.717) is 23.8 Å². The Morgan fingerprint density at radius 3 is 2.81 bits per heavy atom. The van der Waals surface area contributed by atoms with Crippen molar-refractivity contribution in [3.05, 3.63) is 78.4 Å². The fourth-order valence-corrected chi connectivity index (χ4v) is 3.42. The summed E-state index contributed by atoms with van der Waals surface area (Å²) >= 11 is 0. The number of pyridine rings is 1. The summed E-state index contributed by atoms with van der Waals surface area (Å²) in [6.07, 6.45) is 7.56. The molecule has 0 atom stereocenters. The van der Waals surface area contributed by atoms with E-state index in [0.717, 1.165) is 22.5 Å². The average molecular weight is 430 g/mol. The second kappa shape index (κ2) is 8.06. The molecule has 0 unspecified atom stereocenters. The summed E-state index contributed by atoms with van der Waals surface area (Å²) in [6.45, 7) is 0. The lowest BCUT2D eigenvalue weighted by Crippen LogP contribution is -1.99. The Morgan fingerprint density at radius 2 is 2.03 bits per heavy atom. The molecule has 9 nitrogen and oxygen atoms in total. The van der Waals surface area contributed by atoms with Gasteiger partial charge >= 0.3 is 0 Å². The van der Waals surface area contributed by atoms with Crippen molar-refractivity contribution in [1.82, 2.24) is 34.3 Å². The molecule has 10 heteroatoms. The Hall–Kier alpha value is -4.34. The van der Waals surface area contributed by atoms with Crippen molar-refractivity contribution in [2.75, 3.05) is 12.4 Å². The van der Waals surface area contributed by atoms with Gasteiger partial charge < -0.3 is 10.1 Å². The lowest BCUT2D eigenvalue weighted by atomic mass is 10.1. The van der Waals surface area contributed by atoms with Crippen LogP contribution in [0.4, 0.5) is 16.0 Å². The van der Waals surface area contributed by atoms with Gasteiger partial charge in [0, 0.05) is 37.6 Å². The molecule has 5 aromatic rings. The molecular formula is C22H19FN8O. The molecule has 1 N–H and O–H groups in total. The van der Waals surface area contributed by atoms with Gasteiger partial charge in [0.1, 0.15) is 5.82 Å². The molecule has 4 aromatic heterocycles. The first-order valence-electron chi connectivity index (χ1n) is 9.84. The first-order chi connectivity index (χ1) is 15.6. The average Bonchev–Trinajstić information content (AvgIpc) is 3.39. The second-order valence-electron chi connectivity index (χ2n) is 7.20. The number of halogens is 1. The number of nitrogens with zero attached hydrogens (tertiary/aromatic N) is 7. The molecule has 0 fully saturated rings. The van der Waals surface area contributed by atoms with Gasteiger partial charge in [-0.25, -0.2) is 14.4 Å². The highest BCUT2D eigenvalue weighted by atomic mass is 19.1. The zero-order valence-electron chi connectivity index (χ0n) is 17.4. The van der Waals surface area contributed by atoms with Crippen LogP contribution in [0.2, 0.25) is 0 Å². The number of hydrogen-bond donors (Lipinski definition) is 1. The van der Waals surface area contributed by atoms with Gasteiger partial charge in [0.05, 0.1) is 24.7 Å². The van der Waals surface area contributed by atoms with E-state index in [-0.39, 0.29) is 5.75 Å². The molecule has 1 aromatic carbocycles. The van der Waals surface area contributed by atoms with E-state index >= 15 is 0 Å².